The van der Waals surface area contributed by atoms with Crippen LogP contribution in [0.15, 0.2) is 65.8 Å². The lowest BCUT2D eigenvalue weighted by atomic mass is 10.1. The molecule has 0 fully saturated rings. The lowest BCUT2D eigenvalue weighted by Gasteiger charge is -2.07. The van der Waals surface area contributed by atoms with Crippen molar-refractivity contribution in [1.29, 1.82) is 0 Å². The second-order valence-corrected chi connectivity index (χ2v) is 7.51. The number of aliphatic imine (C=N–C) groups is 2. The Morgan fingerprint density at radius 2 is 2.09 bits per heavy atom. The third kappa shape index (κ3) is 5.28. The summed E-state index contributed by atoms with van der Waals surface area (Å²) in [6, 6.07) is 7.16. The van der Waals surface area contributed by atoms with Gasteiger partial charge in [0.1, 0.15) is 16.5 Å². The van der Waals surface area contributed by atoms with Gasteiger partial charge in [0, 0.05) is 42.2 Å². The van der Waals surface area contributed by atoms with Gasteiger partial charge < -0.3 is 5.32 Å². The molecule has 0 atom stereocenters. The average Bonchev–Trinajstić information content (AvgIpc) is 3.30. The largest absolute Gasteiger partial charge is 0.349 e. The minimum Gasteiger partial charge on any atom is -0.349 e. The highest BCUT2D eigenvalue weighted by Gasteiger charge is 2.11. The van der Waals surface area contributed by atoms with Crippen molar-refractivity contribution >= 4 is 47.2 Å². The predicted molar refractivity (Wildman–Crippen MR) is 133 cm³/mol. The molecule has 2 heterocycles. The molecule has 0 spiro atoms. The van der Waals surface area contributed by atoms with Crippen molar-refractivity contribution in [2.24, 2.45) is 9.98 Å². The van der Waals surface area contributed by atoms with Crippen molar-refractivity contribution in [3.8, 4) is 10.6 Å². The highest BCUT2D eigenvalue weighted by atomic mass is 32.1. The molecule has 0 aliphatic rings. The van der Waals surface area contributed by atoms with E-state index in [-0.39, 0.29) is 5.69 Å². The molecule has 0 unspecified atom stereocenters. The number of hydrogen-bond donors (Lipinski definition) is 1. The van der Waals surface area contributed by atoms with E-state index in [0.717, 1.165) is 27.5 Å². The summed E-state index contributed by atoms with van der Waals surface area (Å²) in [5.74, 6) is 0.0289. The van der Waals surface area contributed by atoms with Crippen molar-refractivity contribution in [3.05, 3.63) is 78.4 Å². The molecule has 1 N–H and O–H groups in total. The van der Waals surface area contributed by atoms with E-state index >= 15 is 0 Å². The molecular formula is C24H23FN6S. The summed E-state index contributed by atoms with van der Waals surface area (Å²) in [6.07, 6.45) is 6.65. The Labute approximate surface area is 190 Å². The lowest BCUT2D eigenvalue weighted by molar-refractivity contribution is 0.614. The fraction of sp³-hybridized carbons (Fsp3) is 0.125. The van der Waals surface area contributed by atoms with E-state index in [1.807, 2.05) is 25.1 Å². The zero-order valence-corrected chi connectivity index (χ0v) is 18.8. The Hall–Kier alpha value is -3.78. The summed E-state index contributed by atoms with van der Waals surface area (Å²) >= 11 is 1.27. The van der Waals surface area contributed by atoms with E-state index in [1.165, 1.54) is 17.6 Å². The number of rotatable bonds is 9. The van der Waals surface area contributed by atoms with Gasteiger partial charge in [-0.15, -0.1) is 0 Å². The van der Waals surface area contributed by atoms with Crippen LogP contribution in [-0.2, 0) is 6.54 Å². The quantitative estimate of drug-likeness (QED) is 0.324. The van der Waals surface area contributed by atoms with Crippen molar-refractivity contribution in [3.63, 3.8) is 0 Å². The van der Waals surface area contributed by atoms with Crippen LogP contribution in [0, 0.1) is 5.82 Å². The third-order valence-corrected chi connectivity index (χ3v) is 5.41. The van der Waals surface area contributed by atoms with Crippen LogP contribution in [0.1, 0.15) is 23.7 Å². The zero-order valence-electron chi connectivity index (χ0n) is 18.0. The Morgan fingerprint density at radius 3 is 2.75 bits per heavy atom. The molecular weight excluding hydrogens is 423 g/mol. The SMILES string of the molecule is C=C/C(=C\C(C)=NC)c1ncc(CNc2nsc(-c3ccc(N=C)c(C=C)c3)n2)cc1F. The lowest BCUT2D eigenvalue weighted by Crippen LogP contribution is -2.04. The number of benzene rings is 1. The molecule has 2 aromatic heterocycles. The van der Waals surface area contributed by atoms with E-state index in [0.29, 0.717) is 23.6 Å². The Balaban J connectivity index is 1.73. The van der Waals surface area contributed by atoms with Gasteiger partial charge in [-0.1, -0.05) is 25.3 Å². The van der Waals surface area contributed by atoms with Crippen molar-refractivity contribution in [2.45, 2.75) is 13.5 Å². The first-order valence-corrected chi connectivity index (χ1v) is 10.5. The Bertz CT molecular complexity index is 1220. The summed E-state index contributed by atoms with van der Waals surface area (Å²) in [7, 11) is 1.68. The highest BCUT2D eigenvalue weighted by Crippen LogP contribution is 2.29. The van der Waals surface area contributed by atoms with Gasteiger partial charge in [0.25, 0.3) is 0 Å². The summed E-state index contributed by atoms with van der Waals surface area (Å²) < 4.78 is 19.0. The smallest absolute Gasteiger partial charge is 0.235 e. The van der Waals surface area contributed by atoms with E-state index in [2.05, 4.69) is 49.5 Å². The van der Waals surface area contributed by atoms with Gasteiger partial charge in [-0.05, 0) is 61.1 Å². The van der Waals surface area contributed by atoms with Crippen LogP contribution in [0.25, 0.3) is 22.2 Å². The van der Waals surface area contributed by atoms with Crippen LogP contribution in [0.4, 0.5) is 16.0 Å². The van der Waals surface area contributed by atoms with Gasteiger partial charge in [-0.3, -0.25) is 15.0 Å². The first kappa shape index (κ1) is 22.9. The molecule has 32 heavy (non-hydrogen) atoms. The Morgan fingerprint density at radius 1 is 1.28 bits per heavy atom. The van der Waals surface area contributed by atoms with Gasteiger partial charge in [0.15, 0.2) is 0 Å². The van der Waals surface area contributed by atoms with Crippen molar-refractivity contribution in [2.75, 3.05) is 12.4 Å². The fourth-order valence-electron chi connectivity index (χ4n) is 2.89. The standard InChI is InChI=1S/C24H23FN6S/c1-6-17-12-19(8-9-21(17)27-5)23-30-24(31-32-23)29-14-16-11-20(25)22(28-13-16)18(7-2)10-15(3)26-4/h6-13H,1-2,5,14H2,3-4H3,(H,29,31)/b18-10+,26-15?. The number of nitrogens with zero attached hydrogens (tertiary/aromatic N) is 5. The van der Waals surface area contributed by atoms with Gasteiger partial charge in [0.05, 0.1) is 5.69 Å². The van der Waals surface area contributed by atoms with E-state index in [9.17, 15) is 4.39 Å². The monoisotopic (exact) mass is 446 g/mol. The van der Waals surface area contributed by atoms with Crippen LogP contribution < -0.4 is 5.32 Å². The zero-order chi connectivity index (χ0) is 23.1. The maximum Gasteiger partial charge on any atom is 0.235 e. The van der Waals surface area contributed by atoms with E-state index in [4.69, 9.17) is 0 Å². The third-order valence-electron chi connectivity index (χ3n) is 4.65. The predicted octanol–water partition coefficient (Wildman–Crippen LogP) is 5.99. The molecule has 6 nitrogen and oxygen atoms in total. The number of hydrogen-bond acceptors (Lipinski definition) is 7. The molecule has 0 radical (unpaired) electrons. The second kappa shape index (κ2) is 10.5. The molecule has 0 amide bonds. The number of allylic oxidation sites excluding steroid dienone is 3. The van der Waals surface area contributed by atoms with Crippen LogP contribution >= 0.6 is 11.5 Å². The Kier molecular flexibility index (Phi) is 7.51. The molecule has 1 aromatic carbocycles. The first-order valence-electron chi connectivity index (χ1n) is 9.72. The van der Waals surface area contributed by atoms with Crippen LogP contribution in [0.3, 0.4) is 0 Å². The van der Waals surface area contributed by atoms with E-state index in [1.54, 1.807) is 31.5 Å². The number of aromatic nitrogens is 3. The summed E-state index contributed by atoms with van der Waals surface area (Å²) in [5.41, 5.74) is 4.77. The average molecular weight is 447 g/mol. The molecule has 0 aliphatic heterocycles. The molecule has 0 bridgehead atoms. The van der Waals surface area contributed by atoms with Gasteiger partial charge in [0.2, 0.25) is 5.95 Å². The molecule has 162 valence electrons. The number of anilines is 1. The fourth-order valence-corrected chi connectivity index (χ4v) is 3.53. The van der Waals surface area contributed by atoms with Crippen LogP contribution in [-0.4, -0.2) is 33.8 Å². The number of pyridine rings is 1. The molecule has 3 rings (SSSR count). The van der Waals surface area contributed by atoms with Gasteiger partial charge >= 0.3 is 0 Å². The van der Waals surface area contributed by atoms with Crippen LogP contribution in [0.2, 0.25) is 0 Å². The molecule has 0 saturated carbocycles. The van der Waals surface area contributed by atoms with Crippen molar-refractivity contribution in [1.82, 2.24) is 14.3 Å². The molecule has 0 aliphatic carbocycles. The molecule has 0 saturated heterocycles. The first-order chi connectivity index (χ1) is 15.5. The second-order valence-electron chi connectivity index (χ2n) is 6.76. The molecule has 3 aromatic rings. The van der Waals surface area contributed by atoms with Gasteiger partial charge in [-0.25, -0.2) is 4.39 Å². The maximum atomic E-state index is 14.7. The minimum absolute atomic E-state index is 0.233. The summed E-state index contributed by atoms with van der Waals surface area (Å²) in [6.45, 7) is 13.3. The number of halogens is 1. The highest BCUT2D eigenvalue weighted by molar-refractivity contribution is 7.09. The van der Waals surface area contributed by atoms with E-state index < -0.39 is 5.82 Å². The van der Waals surface area contributed by atoms with Crippen LogP contribution in [0.5, 0.6) is 0 Å². The number of nitrogens with one attached hydrogen (secondary N) is 1. The summed E-state index contributed by atoms with van der Waals surface area (Å²) in [4.78, 5) is 16.8. The maximum absolute atomic E-state index is 14.7. The normalized spacial score (nSPS) is 11.8. The summed E-state index contributed by atoms with van der Waals surface area (Å²) in [5, 5.41) is 3.86. The molecule has 8 heteroatoms. The van der Waals surface area contributed by atoms with Crippen molar-refractivity contribution < 1.29 is 4.39 Å². The van der Waals surface area contributed by atoms with Gasteiger partial charge in [-0.2, -0.15) is 9.36 Å². The topological polar surface area (TPSA) is 75.4 Å². The minimum atomic E-state index is -0.431.